The summed E-state index contributed by atoms with van der Waals surface area (Å²) >= 11 is 1.61. The highest BCUT2D eigenvalue weighted by Gasteiger charge is 2.12. The third kappa shape index (κ3) is 5.37. The number of nitrogens with zero attached hydrogens (tertiary/aromatic N) is 1. The van der Waals surface area contributed by atoms with Crippen molar-refractivity contribution in [2.45, 2.75) is 6.10 Å². The van der Waals surface area contributed by atoms with Crippen LogP contribution in [0.25, 0.3) is 10.1 Å². The number of ether oxygens (including phenoxy) is 2. The molecule has 6 nitrogen and oxygen atoms in total. The average Bonchev–Trinajstić information content (AvgIpc) is 3.18. The fraction of sp³-hybridized carbons (Fsp3) is 0.286. The third-order valence-corrected chi connectivity index (χ3v) is 5.40. The van der Waals surface area contributed by atoms with Crippen molar-refractivity contribution in [3.63, 3.8) is 0 Å². The maximum absolute atomic E-state index is 10.5. The second-order valence-corrected chi connectivity index (χ2v) is 7.22. The Morgan fingerprint density at radius 1 is 1.11 bits per heavy atom. The summed E-state index contributed by atoms with van der Waals surface area (Å²) in [4.78, 5) is 5.12. The molecule has 7 heteroatoms. The van der Waals surface area contributed by atoms with Gasteiger partial charge in [0, 0.05) is 23.2 Å². The number of aliphatic imine (C=N–C) groups is 1. The van der Waals surface area contributed by atoms with Gasteiger partial charge in [-0.05, 0) is 41.8 Å². The van der Waals surface area contributed by atoms with Crippen molar-refractivity contribution in [1.29, 1.82) is 0 Å². The molecule has 0 aliphatic heterocycles. The molecule has 0 saturated carbocycles. The Morgan fingerprint density at radius 2 is 1.86 bits per heavy atom. The zero-order valence-corrected chi connectivity index (χ0v) is 16.8. The standard InChI is InChI=1S/C21H25N3O3S/c1-22-21(23-11-12-27-17-9-7-16(26-2)8-10-17)24-14-18(25)20-13-15-5-3-4-6-19(15)28-20/h3-10,13,18,25H,11-12,14H2,1-2H3,(H2,22,23,24). The van der Waals surface area contributed by atoms with Gasteiger partial charge in [-0.2, -0.15) is 0 Å². The van der Waals surface area contributed by atoms with Crippen LogP contribution in [0.3, 0.4) is 0 Å². The second-order valence-electron chi connectivity index (χ2n) is 6.11. The molecule has 0 spiro atoms. The van der Waals surface area contributed by atoms with E-state index >= 15 is 0 Å². The first-order valence-corrected chi connectivity index (χ1v) is 9.89. The molecule has 0 saturated heterocycles. The van der Waals surface area contributed by atoms with Gasteiger partial charge in [-0.15, -0.1) is 11.3 Å². The lowest BCUT2D eigenvalue weighted by atomic mass is 10.2. The molecular formula is C21H25N3O3S. The summed E-state index contributed by atoms with van der Waals surface area (Å²) in [6, 6.07) is 17.6. The van der Waals surface area contributed by atoms with E-state index in [0.29, 0.717) is 25.7 Å². The Hall–Kier alpha value is -2.77. The van der Waals surface area contributed by atoms with E-state index in [9.17, 15) is 5.11 Å². The van der Waals surface area contributed by atoms with Crippen LogP contribution in [0.15, 0.2) is 59.6 Å². The van der Waals surface area contributed by atoms with Gasteiger partial charge in [0.05, 0.1) is 13.7 Å². The van der Waals surface area contributed by atoms with Gasteiger partial charge in [-0.3, -0.25) is 4.99 Å². The fourth-order valence-electron chi connectivity index (χ4n) is 2.69. The normalized spacial score (nSPS) is 12.6. The Balaban J connectivity index is 1.41. The molecule has 0 radical (unpaired) electrons. The van der Waals surface area contributed by atoms with E-state index in [1.165, 1.54) is 4.70 Å². The zero-order chi connectivity index (χ0) is 19.8. The molecule has 0 aliphatic rings. The minimum Gasteiger partial charge on any atom is -0.497 e. The fourth-order valence-corrected chi connectivity index (χ4v) is 3.74. The third-order valence-electron chi connectivity index (χ3n) is 4.18. The van der Waals surface area contributed by atoms with Crippen LogP contribution in [0.4, 0.5) is 0 Å². The summed E-state index contributed by atoms with van der Waals surface area (Å²) in [5.74, 6) is 2.21. The number of thiophene rings is 1. The van der Waals surface area contributed by atoms with Gasteiger partial charge in [-0.1, -0.05) is 18.2 Å². The number of methoxy groups -OCH3 is 1. The molecule has 2 aromatic carbocycles. The van der Waals surface area contributed by atoms with E-state index in [4.69, 9.17) is 9.47 Å². The van der Waals surface area contributed by atoms with Crippen LogP contribution in [0.2, 0.25) is 0 Å². The Kier molecular flexibility index (Phi) is 7.11. The minimum absolute atomic E-state index is 0.381. The highest BCUT2D eigenvalue weighted by atomic mass is 32.1. The SMILES string of the molecule is CN=C(NCCOc1ccc(OC)cc1)NCC(O)c1cc2ccccc2s1. The van der Waals surface area contributed by atoms with Crippen LogP contribution in [0.5, 0.6) is 11.5 Å². The summed E-state index contributed by atoms with van der Waals surface area (Å²) in [5.41, 5.74) is 0. The van der Waals surface area contributed by atoms with Gasteiger partial charge in [0.25, 0.3) is 0 Å². The first-order valence-electron chi connectivity index (χ1n) is 9.07. The molecule has 3 rings (SSSR count). The topological polar surface area (TPSA) is 75.1 Å². The smallest absolute Gasteiger partial charge is 0.191 e. The minimum atomic E-state index is -0.591. The number of hydrogen-bond donors (Lipinski definition) is 3. The molecular weight excluding hydrogens is 374 g/mol. The largest absolute Gasteiger partial charge is 0.497 e. The number of nitrogens with one attached hydrogen (secondary N) is 2. The quantitative estimate of drug-likeness (QED) is 0.308. The van der Waals surface area contributed by atoms with E-state index in [-0.39, 0.29) is 0 Å². The van der Waals surface area contributed by atoms with Gasteiger partial charge in [-0.25, -0.2) is 0 Å². The Morgan fingerprint density at radius 3 is 2.57 bits per heavy atom. The van der Waals surface area contributed by atoms with Crippen LogP contribution >= 0.6 is 11.3 Å². The highest BCUT2D eigenvalue weighted by molar-refractivity contribution is 7.19. The number of benzene rings is 2. The number of aliphatic hydroxyl groups is 1. The number of rotatable bonds is 8. The van der Waals surface area contributed by atoms with Gasteiger partial charge in [0.1, 0.15) is 24.2 Å². The Bertz CT molecular complexity index is 876. The summed E-state index contributed by atoms with van der Waals surface area (Å²) in [7, 11) is 3.33. The van der Waals surface area contributed by atoms with Gasteiger partial charge >= 0.3 is 0 Å². The zero-order valence-electron chi connectivity index (χ0n) is 16.0. The van der Waals surface area contributed by atoms with Gasteiger partial charge in [0.2, 0.25) is 0 Å². The van der Waals surface area contributed by atoms with Gasteiger partial charge in [0.15, 0.2) is 5.96 Å². The van der Waals surface area contributed by atoms with Crippen molar-refractivity contribution in [1.82, 2.24) is 10.6 Å². The van der Waals surface area contributed by atoms with Crippen LogP contribution in [-0.4, -0.2) is 44.9 Å². The number of aliphatic hydroxyl groups excluding tert-OH is 1. The molecule has 0 bridgehead atoms. The first-order chi connectivity index (χ1) is 13.7. The number of guanidine groups is 1. The maximum Gasteiger partial charge on any atom is 0.191 e. The summed E-state index contributed by atoms with van der Waals surface area (Å²) in [5, 5.41) is 17.9. The average molecular weight is 400 g/mol. The van der Waals surface area contributed by atoms with Crippen molar-refractivity contribution in [3.8, 4) is 11.5 Å². The molecule has 28 heavy (non-hydrogen) atoms. The van der Waals surface area contributed by atoms with E-state index in [1.807, 2.05) is 42.5 Å². The second kappa shape index (κ2) is 9.96. The lowest BCUT2D eigenvalue weighted by molar-refractivity contribution is 0.184. The lowest BCUT2D eigenvalue weighted by Crippen LogP contribution is -2.41. The van der Waals surface area contributed by atoms with E-state index in [2.05, 4.69) is 27.8 Å². The van der Waals surface area contributed by atoms with Crippen molar-refractivity contribution in [2.24, 2.45) is 4.99 Å². The lowest BCUT2D eigenvalue weighted by Gasteiger charge is -2.15. The molecule has 3 N–H and O–H groups in total. The number of hydrogen-bond acceptors (Lipinski definition) is 5. The van der Waals surface area contributed by atoms with Crippen LogP contribution in [-0.2, 0) is 0 Å². The number of fused-ring (bicyclic) bond motifs is 1. The van der Waals surface area contributed by atoms with E-state index in [1.54, 1.807) is 25.5 Å². The van der Waals surface area contributed by atoms with Crippen molar-refractivity contribution >= 4 is 27.4 Å². The molecule has 1 heterocycles. The Labute approximate surface area is 168 Å². The monoisotopic (exact) mass is 399 g/mol. The molecule has 1 atom stereocenters. The molecule has 1 unspecified atom stereocenters. The molecule has 148 valence electrons. The first kappa shape index (κ1) is 20.0. The maximum atomic E-state index is 10.5. The summed E-state index contributed by atoms with van der Waals surface area (Å²) in [6.07, 6.45) is -0.591. The van der Waals surface area contributed by atoms with Crippen molar-refractivity contribution in [2.75, 3.05) is 33.9 Å². The predicted octanol–water partition coefficient (Wildman–Crippen LogP) is 3.19. The molecule has 0 amide bonds. The predicted molar refractivity (Wildman–Crippen MR) is 115 cm³/mol. The van der Waals surface area contributed by atoms with Crippen LogP contribution in [0.1, 0.15) is 11.0 Å². The molecule has 0 aliphatic carbocycles. The summed E-state index contributed by atoms with van der Waals surface area (Å²) < 4.78 is 12.0. The molecule has 1 aromatic heterocycles. The van der Waals surface area contributed by atoms with Crippen LogP contribution < -0.4 is 20.1 Å². The van der Waals surface area contributed by atoms with E-state index < -0.39 is 6.10 Å². The highest BCUT2D eigenvalue weighted by Crippen LogP contribution is 2.29. The van der Waals surface area contributed by atoms with Crippen molar-refractivity contribution in [3.05, 3.63) is 59.5 Å². The molecule has 0 fully saturated rings. The van der Waals surface area contributed by atoms with Gasteiger partial charge < -0.3 is 25.2 Å². The van der Waals surface area contributed by atoms with Crippen molar-refractivity contribution < 1.29 is 14.6 Å². The van der Waals surface area contributed by atoms with Crippen LogP contribution in [0, 0.1) is 0 Å². The molecule has 3 aromatic rings. The summed E-state index contributed by atoms with van der Waals surface area (Å²) in [6.45, 7) is 1.46. The van der Waals surface area contributed by atoms with E-state index in [0.717, 1.165) is 21.8 Å².